The van der Waals surface area contributed by atoms with E-state index in [1.807, 2.05) is 68.0 Å². The monoisotopic (exact) mass is 629 g/mol. The zero-order valence-corrected chi connectivity index (χ0v) is 27.0. The summed E-state index contributed by atoms with van der Waals surface area (Å²) in [5.74, 6) is -0.481. The van der Waals surface area contributed by atoms with Gasteiger partial charge < -0.3 is 25.4 Å². The molecule has 3 N–H and O–H groups in total. The number of rotatable bonds is 7. The van der Waals surface area contributed by atoms with Crippen molar-refractivity contribution in [2.75, 3.05) is 11.9 Å². The van der Waals surface area contributed by atoms with Crippen molar-refractivity contribution in [3.05, 3.63) is 76.6 Å². The lowest BCUT2D eigenvalue weighted by atomic mass is 9.99. The van der Waals surface area contributed by atoms with Gasteiger partial charge in [-0.15, -0.1) is 11.3 Å². The first-order valence-corrected chi connectivity index (χ1v) is 15.9. The number of alkyl carbamates (subject to hydrolysis) is 1. The maximum atomic E-state index is 13.9. The van der Waals surface area contributed by atoms with Crippen LogP contribution < -0.4 is 10.6 Å². The van der Waals surface area contributed by atoms with Gasteiger partial charge in [0.15, 0.2) is 0 Å². The average Bonchev–Trinajstić information content (AvgIpc) is 3.66. The molecule has 2 atom stereocenters. The minimum absolute atomic E-state index is 0.152. The number of carbonyl (C=O) groups excluding carboxylic acids is 3. The first-order chi connectivity index (χ1) is 21.4. The van der Waals surface area contributed by atoms with Crippen molar-refractivity contribution in [2.45, 2.75) is 64.6 Å². The van der Waals surface area contributed by atoms with Crippen molar-refractivity contribution in [2.24, 2.45) is 7.05 Å². The third-order valence-corrected chi connectivity index (χ3v) is 8.46. The van der Waals surface area contributed by atoms with Crippen molar-refractivity contribution < 1.29 is 24.2 Å². The van der Waals surface area contributed by atoms with Gasteiger partial charge in [0.25, 0.3) is 5.91 Å². The van der Waals surface area contributed by atoms with Crippen LogP contribution in [0.3, 0.4) is 0 Å². The van der Waals surface area contributed by atoms with E-state index in [4.69, 9.17) is 4.74 Å². The smallest absolute Gasteiger partial charge is 0.408 e. The molecule has 1 aliphatic heterocycles. The number of nitrogens with zero attached hydrogens (tertiary/aromatic N) is 3. The molecule has 4 aromatic rings. The molecule has 236 valence electrons. The lowest BCUT2D eigenvalue weighted by Crippen LogP contribution is -2.53. The molecule has 1 fully saturated rings. The molecule has 1 saturated heterocycles. The molecule has 5 rings (SSSR count). The van der Waals surface area contributed by atoms with Crippen molar-refractivity contribution in [3.8, 4) is 28.1 Å². The van der Waals surface area contributed by atoms with Crippen LogP contribution >= 0.6 is 11.3 Å². The standard InChI is InChI=1S/C34H39N5O5S/c1-21-11-16-27(40)24(19-21)29-25(20-38(5)37-29)22-12-14-23(15-13-22)35-31(41)26-9-6-7-17-39(26)32(42)30(28-10-8-18-45-28)36-33(43)44-34(2,3)4/h8,10-16,18-20,26,30,40H,6-7,9,17H2,1-5H3,(H,35,41)(H,36,43)/t26-,30+/m0/s1. The fourth-order valence-corrected chi connectivity index (χ4v) is 6.23. The second-order valence-corrected chi connectivity index (χ2v) is 13.3. The molecular formula is C34H39N5O5S. The maximum absolute atomic E-state index is 13.9. The number of phenols is 1. The molecule has 45 heavy (non-hydrogen) atoms. The highest BCUT2D eigenvalue weighted by atomic mass is 32.1. The Hall–Kier alpha value is -4.64. The lowest BCUT2D eigenvalue weighted by molar-refractivity contribution is -0.142. The van der Waals surface area contributed by atoms with E-state index in [9.17, 15) is 19.5 Å². The van der Waals surface area contributed by atoms with Crippen LogP contribution in [0.2, 0.25) is 0 Å². The molecule has 0 unspecified atom stereocenters. The van der Waals surface area contributed by atoms with Gasteiger partial charge in [-0.1, -0.05) is 29.8 Å². The van der Waals surface area contributed by atoms with Gasteiger partial charge in [0.05, 0.1) is 0 Å². The molecular weight excluding hydrogens is 590 g/mol. The Balaban J connectivity index is 1.33. The van der Waals surface area contributed by atoms with Gasteiger partial charge >= 0.3 is 6.09 Å². The van der Waals surface area contributed by atoms with Crippen LogP contribution in [0.25, 0.3) is 22.4 Å². The minimum Gasteiger partial charge on any atom is -0.507 e. The van der Waals surface area contributed by atoms with Crippen LogP contribution in [0, 0.1) is 6.92 Å². The molecule has 2 aromatic heterocycles. The number of thiophene rings is 1. The van der Waals surface area contributed by atoms with Crippen molar-refractivity contribution in [1.82, 2.24) is 20.0 Å². The summed E-state index contributed by atoms with van der Waals surface area (Å²) in [4.78, 5) is 42.4. The summed E-state index contributed by atoms with van der Waals surface area (Å²) in [6, 6.07) is 14.8. The zero-order chi connectivity index (χ0) is 32.3. The van der Waals surface area contributed by atoms with Crippen LogP contribution in [-0.2, 0) is 21.4 Å². The number of ether oxygens (including phenoxy) is 1. The Labute approximate surface area is 267 Å². The highest BCUT2D eigenvalue weighted by molar-refractivity contribution is 7.10. The number of carbonyl (C=O) groups is 3. The Kier molecular flexibility index (Phi) is 9.29. The van der Waals surface area contributed by atoms with E-state index in [1.165, 1.54) is 11.3 Å². The molecule has 11 heteroatoms. The summed E-state index contributed by atoms with van der Waals surface area (Å²) in [7, 11) is 1.83. The Morgan fingerprint density at radius 1 is 1.07 bits per heavy atom. The molecule has 1 aliphatic rings. The topological polar surface area (TPSA) is 126 Å². The van der Waals surface area contributed by atoms with E-state index in [0.29, 0.717) is 34.8 Å². The van der Waals surface area contributed by atoms with Crippen LogP contribution in [-0.4, -0.2) is 55.9 Å². The van der Waals surface area contributed by atoms with Crippen LogP contribution in [0.4, 0.5) is 10.5 Å². The summed E-state index contributed by atoms with van der Waals surface area (Å²) in [5.41, 5.74) is 3.90. The summed E-state index contributed by atoms with van der Waals surface area (Å²) < 4.78 is 7.14. The first-order valence-electron chi connectivity index (χ1n) is 15.0. The van der Waals surface area contributed by atoms with Gasteiger partial charge in [0, 0.05) is 41.5 Å². The second kappa shape index (κ2) is 13.2. The summed E-state index contributed by atoms with van der Waals surface area (Å²) >= 11 is 1.36. The predicted octanol–water partition coefficient (Wildman–Crippen LogP) is 6.42. The summed E-state index contributed by atoms with van der Waals surface area (Å²) in [5, 5.41) is 22.7. The van der Waals surface area contributed by atoms with Crippen molar-refractivity contribution in [3.63, 3.8) is 0 Å². The van der Waals surface area contributed by atoms with E-state index < -0.39 is 23.8 Å². The molecule has 10 nitrogen and oxygen atoms in total. The second-order valence-electron chi connectivity index (χ2n) is 12.3. The van der Waals surface area contributed by atoms with E-state index >= 15 is 0 Å². The fraction of sp³-hybridized carbons (Fsp3) is 0.353. The van der Waals surface area contributed by atoms with Gasteiger partial charge in [0.2, 0.25) is 5.91 Å². The number of likely N-dealkylation sites (tertiary alicyclic amines) is 1. The molecule has 0 spiro atoms. The lowest BCUT2D eigenvalue weighted by Gasteiger charge is -2.37. The molecule has 0 saturated carbocycles. The number of anilines is 1. The van der Waals surface area contributed by atoms with Gasteiger partial charge in [-0.2, -0.15) is 5.10 Å². The zero-order valence-electron chi connectivity index (χ0n) is 26.2. The SMILES string of the molecule is Cc1ccc(O)c(-c2nn(C)cc2-c2ccc(NC(=O)[C@@H]3CCCCN3C(=O)[C@H](NC(=O)OC(C)(C)C)c3cccs3)cc2)c1. The number of aromatic hydroxyl groups is 1. The molecule has 0 radical (unpaired) electrons. The molecule has 2 aromatic carbocycles. The van der Waals surface area contributed by atoms with Gasteiger partial charge in [-0.25, -0.2) is 4.79 Å². The highest BCUT2D eigenvalue weighted by Gasteiger charge is 2.37. The Morgan fingerprint density at radius 3 is 2.51 bits per heavy atom. The molecule has 0 bridgehead atoms. The van der Waals surface area contributed by atoms with E-state index in [-0.39, 0.29) is 17.6 Å². The number of benzene rings is 2. The predicted molar refractivity (Wildman–Crippen MR) is 175 cm³/mol. The number of aromatic nitrogens is 2. The maximum Gasteiger partial charge on any atom is 0.408 e. The minimum atomic E-state index is -0.964. The number of hydrogen-bond donors (Lipinski definition) is 3. The van der Waals surface area contributed by atoms with Gasteiger partial charge in [-0.05, 0) is 88.2 Å². The number of nitrogens with one attached hydrogen (secondary N) is 2. The quantitative estimate of drug-likeness (QED) is 0.217. The van der Waals surface area contributed by atoms with Crippen molar-refractivity contribution in [1.29, 1.82) is 0 Å². The molecule has 0 aliphatic carbocycles. The van der Waals surface area contributed by atoms with E-state index in [1.54, 1.807) is 42.5 Å². The van der Waals surface area contributed by atoms with Crippen LogP contribution in [0.15, 0.2) is 66.2 Å². The van der Waals surface area contributed by atoms with Gasteiger partial charge in [-0.3, -0.25) is 14.3 Å². The largest absolute Gasteiger partial charge is 0.507 e. The normalized spacial score (nSPS) is 15.8. The number of piperidine rings is 1. The summed E-state index contributed by atoms with van der Waals surface area (Å²) in [6.45, 7) is 7.65. The fourth-order valence-electron chi connectivity index (χ4n) is 5.47. The first kappa shape index (κ1) is 31.8. The number of amides is 3. The number of hydrogen-bond acceptors (Lipinski definition) is 7. The molecule has 3 amide bonds. The van der Waals surface area contributed by atoms with Gasteiger partial charge in [0.1, 0.15) is 29.1 Å². The summed E-state index contributed by atoms with van der Waals surface area (Å²) in [6.07, 6.45) is 3.28. The number of aryl methyl sites for hydroxylation is 2. The van der Waals surface area contributed by atoms with Crippen LogP contribution in [0.1, 0.15) is 56.5 Å². The Morgan fingerprint density at radius 2 is 1.82 bits per heavy atom. The highest BCUT2D eigenvalue weighted by Crippen LogP contribution is 2.37. The van der Waals surface area contributed by atoms with E-state index in [2.05, 4.69) is 15.7 Å². The number of phenolic OH excluding ortho intramolecular Hbond substituents is 1. The third-order valence-electron chi connectivity index (χ3n) is 7.52. The molecule has 3 heterocycles. The average molecular weight is 630 g/mol. The van der Waals surface area contributed by atoms with E-state index in [0.717, 1.165) is 29.5 Å². The van der Waals surface area contributed by atoms with Crippen LogP contribution in [0.5, 0.6) is 5.75 Å². The Bertz CT molecular complexity index is 1670. The third kappa shape index (κ3) is 7.54. The van der Waals surface area contributed by atoms with Crippen molar-refractivity contribution >= 4 is 34.9 Å².